The van der Waals surface area contributed by atoms with Gasteiger partial charge in [-0.05, 0) is 36.8 Å². The third-order valence-corrected chi connectivity index (χ3v) is 6.09. The van der Waals surface area contributed by atoms with Gasteiger partial charge in [0.15, 0.2) is 5.71 Å². The summed E-state index contributed by atoms with van der Waals surface area (Å²) in [5.74, 6) is -1.06. The molecule has 2 N–H and O–H groups in total. The van der Waals surface area contributed by atoms with Crippen molar-refractivity contribution in [3.63, 3.8) is 0 Å². The molecule has 12 nitrogen and oxygen atoms in total. The third kappa shape index (κ3) is 4.53. The summed E-state index contributed by atoms with van der Waals surface area (Å²) >= 11 is 2.63. The first kappa shape index (κ1) is 21.1. The highest BCUT2D eigenvalue weighted by Gasteiger charge is 2.51. The second-order valence-corrected chi connectivity index (χ2v) is 9.09. The zero-order valence-electron chi connectivity index (χ0n) is 16.1. The van der Waals surface area contributed by atoms with Gasteiger partial charge in [0.05, 0.1) is 0 Å². The van der Waals surface area contributed by atoms with Gasteiger partial charge in [0.1, 0.15) is 16.7 Å². The van der Waals surface area contributed by atoms with Crippen molar-refractivity contribution >= 4 is 47.2 Å². The summed E-state index contributed by atoms with van der Waals surface area (Å²) < 4.78 is 6.55. The number of ether oxygens (including phenoxy) is 1. The second kappa shape index (κ2) is 8.02. The SMILES string of the molecule is Cn1nnnc1SCC1=C(C(=O)O)N2C(=O)/C(=N/NC(=O)OC(C)(C)C)[C@H]2SC1. The van der Waals surface area contributed by atoms with Crippen LogP contribution in [0.25, 0.3) is 0 Å². The Labute approximate surface area is 174 Å². The highest BCUT2D eigenvalue weighted by molar-refractivity contribution is 8.01. The van der Waals surface area contributed by atoms with Gasteiger partial charge in [0.2, 0.25) is 5.16 Å². The van der Waals surface area contributed by atoms with Gasteiger partial charge < -0.3 is 9.84 Å². The number of carboxylic acid groups (broad SMARTS) is 1. The van der Waals surface area contributed by atoms with Crippen molar-refractivity contribution in [3.05, 3.63) is 11.3 Å². The first-order valence-corrected chi connectivity index (χ1v) is 10.4. The fourth-order valence-corrected chi connectivity index (χ4v) is 4.80. The van der Waals surface area contributed by atoms with Gasteiger partial charge in [-0.3, -0.25) is 9.69 Å². The summed E-state index contributed by atoms with van der Waals surface area (Å²) in [6.45, 7) is 5.11. The van der Waals surface area contributed by atoms with Crippen molar-refractivity contribution in [3.8, 4) is 0 Å². The van der Waals surface area contributed by atoms with Crippen LogP contribution in [-0.4, -0.2) is 76.4 Å². The zero-order valence-corrected chi connectivity index (χ0v) is 17.7. The van der Waals surface area contributed by atoms with Crippen molar-refractivity contribution in [2.75, 3.05) is 11.5 Å². The Bertz CT molecular complexity index is 920. The van der Waals surface area contributed by atoms with E-state index < -0.39 is 28.9 Å². The Morgan fingerprint density at radius 2 is 2.17 bits per heavy atom. The van der Waals surface area contributed by atoms with Gasteiger partial charge >= 0.3 is 12.1 Å². The predicted molar refractivity (Wildman–Crippen MR) is 104 cm³/mol. The van der Waals surface area contributed by atoms with Crippen LogP contribution in [0, 0.1) is 0 Å². The van der Waals surface area contributed by atoms with Crippen molar-refractivity contribution in [2.24, 2.45) is 12.1 Å². The van der Waals surface area contributed by atoms with Crippen LogP contribution in [-0.2, 0) is 21.4 Å². The number of amides is 2. The van der Waals surface area contributed by atoms with Gasteiger partial charge in [0, 0.05) is 18.6 Å². The Morgan fingerprint density at radius 1 is 1.45 bits per heavy atom. The maximum atomic E-state index is 12.5. The molecule has 1 aromatic heterocycles. The number of nitrogens with one attached hydrogen (secondary N) is 1. The summed E-state index contributed by atoms with van der Waals surface area (Å²) in [5, 5.41) is 24.5. The lowest BCUT2D eigenvalue weighted by atomic mass is 10.1. The van der Waals surface area contributed by atoms with Gasteiger partial charge in [-0.1, -0.05) is 11.8 Å². The summed E-state index contributed by atoms with van der Waals surface area (Å²) in [6.07, 6.45) is -0.791. The minimum absolute atomic E-state index is 0.0717. The number of hydrogen-bond acceptors (Lipinski definition) is 10. The van der Waals surface area contributed by atoms with Crippen molar-refractivity contribution in [1.82, 2.24) is 30.5 Å². The molecule has 0 aliphatic carbocycles. The van der Waals surface area contributed by atoms with Gasteiger partial charge in [-0.15, -0.1) is 16.9 Å². The molecule has 0 radical (unpaired) electrons. The molecule has 1 aromatic rings. The number of fused-ring (bicyclic) bond motifs is 1. The lowest BCUT2D eigenvalue weighted by Gasteiger charge is -2.44. The molecule has 3 rings (SSSR count). The topological polar surface area (TPSA) is 152 Å². The Morgan fingerprint density at radius 3 is 2.76 bits per heavy atom. The molecule has 2 aliphatic heterocycles. The number of carboxylic acids is 1. The third-order valence-electron chi connectivity index (χ3n) is 3.72. The molecule has 0 unspecified atom stereocenters. The quantitative estimate of drug-likeness (QED) is 0.374. The van der Waals surface area contributed by atoms with Crippen LogP contribution >= 0.6 is 23.5 Å². The standard InChI is InChI=1S/C15H19N7O5S2/c1-15(2,3)27-14(26)18-16-8-10(23)22-9(12(24)25)7(5-28-11(8)22)6-29-13-17-19-20-21(13)4/h11H,5-6H2,1-4H3,(H,18,26)(H,24,25)/b16-8-/t11-/m1/s1. The number of rotatable bonds is 5. The number of hydrogen-bond donors (Lipinski definition) is 2. The molecule has 0 saturated carbocycles. The first-order valence-electron chi connectivity index (χ1n) is 8.40. The summed E-state index contributed by atoms with van der Waals surface area (Å²) in [5.41, 5.74) is 2.06. The number of thioether (sulfide) groups is 2. The molecule has 0 spiro atoms. The van der Waals surface area contributed by atoms with Gasteiger partial charge in [0.25, 0.3) is 5.91 Å². The Balaban J connectivity index is 1.72. The number of tetrazole rings is 1. The van der Waals surface area contributed by atoms with Crippen LogP contribution in [0.15, 0.2) is 21.5 Å². The lowest BCUT2D eigenvalue weighted by molar-refractivity contribution is -0.139. The highest BCUT2D eigenvalue weighted by Crippen LogP contribution is 2.39. The van der Waals surface area contributed by atoms with Crippen molar-refractivity contribution < 1.29 is 24.2 Å². The molecule has 1 fully saturated rings. The van der Waals surface area contributed by atoms with Gasteiger partial charge in [-0.2, -0.15) is 5.10 Å². The molecule has 2 aliphatic rings. The van der Waals surface area contributed by atoms with Crippen LogP contribution in [0.2, 0.25) is 0 Å². The normalized spacial score (nSPS) is 20.4. The number of aliphatic carboxylic acids is 1. The number of hydrazone groups is 1. The van der Waals surface area contributed by atoms with Crippen molar-refractivity contribution in [2.45, 2.75) is 36.9 Å². The zero-order chi connectivity index (χ0) is 21.3. The van der Waals surface area contributed by atoms with Crippen LogP contribution in [0.3, 0.4) is 0 Å². The number of aromatic nitrogens is 4. The fourth-order valence-electron chi connectivity index (χ4n) is 2.55. The minimum atomic E-state index is -1.20. The highest BCUT2D eigenvalue weighted by atomic mass is 32.2. The lowest BCUT2D eigenvalue weighted by Crippen LogP contribution is -2.63. The van der Waals surface area contributed by atoms with E-state index in [0.717, 1.165) is 0 Å². The molecule has 29 heavy (non-hydrogen) atoms. The summed E-state index contributed by atoms with van der Waals surface area (Å²) in [4.78, 5) is 37.2. The summed E-state index contributed by atoms with van der Waals surface area (Å²) in [6, 6.07) is 0. The van der Waals surface area contributed by atoms with Crippen LogP contribution in [0.5, 0.6) is 0 Å². The molecular formula is C15H19N7O5S2. The molecule has 3 heterocycles. The second-order valence-electron chi connectivity index (χ2n) is 7.08. The van der Waals surface area contributed by atoms with E-state index >= 15 is 0 Å². The van der Waals surface area contributed by atoms with E-state index in [9.17, 15) is 19.5 Å². The van der Waals surface area contributed by atoms with E-state index in [1.807, 2.05) is 0 Å². The Hall–Kier alpha value is -2.61. The first-order chi connectivity index (χ1) is 13.6. The molecule has 2 amide bonds. The van der Waals surface area contributed by atoms with E-state index in [1.165, 1.54) is 33.1 Å². The summed E-state index contributed by atoms with van der Waals surface area (Å²) in [7, 11) is 1.68. The molecule has 0 aromatic carbocycles. The molecule has 156 valence electrons. The number of carbonyl (C=O) groups excluding carboxylic acids is 2. The van der Waals surface area contributed by atoms with E-state index in [-0.39, 0.29) is 11.4 Å². The van der Waals surface area contributed by atoms with E-state index in [4.69, 9.17) is 4.74 Å². The average Bonchev–Trinajstić information content (AvgIpc) is 3.02. The van der Waals surface area contributed by atoms with Crippen LogP contribution in [0.4, 0.5) is 4.79 Å². The molecule has 1 atom stereocenters. The smallest absolute Gasteiger partial charge is 0.428 e. The van der Waals surface area contributed by atoms with E-state index in [2.05, 4.69) is 26.1 Å². The maximum Gasteiger partial charge on any atom is 0.428 e. The Kier molecular flexibility index (Phi) is 5.84. The molecule has 14 heteroatoms. The van der Waals surface area contributed by atoms with Crippen LogP contribution < -0.4 is 5.43 Å². The molecule has 1 saturated heterocycles. The van der Waals surface area contributed by atoms with E-state index in [1.54, 1.807) is 27.8 Å². The number of β-lactam (4-membered cyclic amide) rings is 1. The maximum absolute atomic E-state index is 12.5. The number of nitrogens with zero attached hydrogens (tertiary/aromatic N) is 6. The van der Waals surface area contributed by atoms with Crippen molar-refractivity contribution in [1.29, 1.82) is 0 Å². The van der Waals surface area contributed by atoms with E-state index in [0.29, 0.717) is 22.2 Å². The monoisotopic (exact) mass is 441 g/mol. The largest absolute Gasteiger partial charge is 0.477 e. The number of aryl methyl sites for hydroxylation is 1. The molecule has 0 bridgehead atoms. The minimum Gasteiger partial charge on any atom is -0.477 e. The fraction of sp³-hybridized carbons (Fsp3) is 0.533. The molecular weight excluding hydrogens is 422 g/mol. The number of carbonyl (C=O) groups is 3. The van der Waals surface area contributed by atoms with Crippen LogP contribution in [0.1, 0.15) is 20.8 Å². The average molecular weight is 441 g/mol. The predicted octanol–water partition coefficient (Wildman–Crippen LogP) is 0.437. The van der Waals surface area contributed by atoms with Gasteiger partial charge in [-0.25, -0.2) is 19.7 Å².